The maximum atomic E-state index is 12.9. The number of piperazine rings is 1. The lowest BCUT2D eigenvalue weighted by atomic mass is 10.1. The number of carbonyl (C=O) groups is 2. The lowest BCUT2D eigenvalue weighted by Crippen LogP contribution is -2.57. The highest BCUT2D eigenvalue weighted by molar-refractivity contribution is 5.96. The summed E-state index contributed by atoms with van der Waals surface area (Å²) in [6, 6.07) is 13.5. The molecule has 2 aromatic carbocycles. The van der Waals surface area contributed by atoms with Gasteiger partial charge in [0.05, 0.1) is 18.7 Å². The van der Waals surface area contributed by atoms with E-state index in [0.29, 0.717) is 5.56 Å². The van der Waals surface area contributed by atoms with E-state index < -0.39 is 0 Å². The second kappa shape index (κ2) is 9.30. The number of amides is 1. The zero-order valence-electron chi connectivity index (χ0n) is 18.4. The number of methoxy groups -OCH3 is 1. The van der Waals surface area contributed by atoms with Crippen molar-refractivity contribution in [1.29, 1.82) is 0 Å². The molecule has 0 spiro atoms. The summed E-state index contributed by atoms with van der Waals surface area (Å²) in [5.41, 5.74) is 4.67. The molecule has 0 bridgehead atoms. The van der Waals surface area contributed by atoms with Crippen LogP contribution in [0.15, 0.2) is 42.5 Å². The first-order valence-electron chi connectivity index (χ1n) is 10.4. The van der Waals surface area contributed by atoms with Gasteiger partial charge in [-0.1, -0.05) is 18.2 Å². The Morgan fingerprint density at radius 3 is 2.27 bits per heavy atom. The number of para-hydroxylation sites is 1. The second-order valence-corrected chi connectivity index (χ2v) is 8.00. The summed E-state index contributed by atoms with van der Waals surface area (Å²) in [5.74, 6) is -0.307. The van der Waals surface area contributed by atoms with E-state index in [4.69, 9.17) is 4.74 Å². The summed E-state index contributed by atoms with van der Waals surface area (Å²) in [6.07, 6.45) is 0. The van der Waals surface area contributed by atoms with Gasteiger partial charge in [-0.25, -0.2) is 4.79 Å². The Bertz CT molecular complexity index is 890. The molecule has 1 aliphatic heterocycles. The van der Waals surface area contributed by atoms with Gasteiger partial charge in [0.2, 0.25) is 5.91 Å². The average Bonchev–Trinajstić information content (AvgIpc) is 2.75. The first-order valence-corrected chi connectivity index (χ1v) is 10.4. The number of hydrogen-bond donors (Lipinski definition) is 1. The average molecular weight is 410 g/mol. The molecule has 1 amide bonds. The van der Waals surface area contributed by atoms with E-state index in [1.807, 2.05) is 51.1 Å². The molecular formula is C24H31N3O3. The molecule has 6 nitrogen and oxygen atoms in total. The van der Waals surface area contributed by atoms with Crippen molar-refractivity contribution in [3.63, 3.8) is 0 Å². The van der Waals surface area contributed by atoms with Gasteiger partial charge in [0.1, 0.15) is 0 Å². The van der Waals surface area contributed by atoms with Gasteiger partial charge in [0.25, 0.3) is 0 Å². The number of nitrogens with one attached hydrogen (secondary N) is 1. The fraction of sp³-hybridized carbons (Fsp3) is 0.417. The van der Waals surface area contributed by atoms with Crippen molar-refractivity contribution in [2.75, 3.05) is 37.0 Å². The Morgan fingerprint density at radius 2 is 1.70 bits per heavy atom. The number of ether oxygens (including phenoxy) is 1. The van der Waals surface area contributed by atoms with Gasteiger partial charge in [-0.2, -0.15) is 0 Å². The van der Waals surface area contributed by atoms with Crippen molar-refractivity contribution in [3.8, 4) is 0 Å². The molecule has 0 aliphatic carbocycles. The molecule has 3 rings (SSSR count). The predicted octanol–water partition coefficient (Wildman–Crippen LogP) is 3.63. The van der Waals surface area contributed by atoms with Crippen LogP contribution in [0.4, 0.5) is 11.4 Å². The molecule has 1 saturated heterocycles. The van der Waals surface area contributed by atoms with E-state index in [0.717, 1.165) is 42.1 Å². The number of rotatable bonds is 5. The maximum absolute atomic E-state index is 12.9. The van der Waals surface area contributed by atoms with Crippen LogP contribution in [-0.4, -0.2) is 55.6 Å². The van der Waals surface area contributed by atoms with Gasteiger partial charge in [0, 0.05) is 37.1 Å². The predicted molar refractivity (Wildman–Crippen MR) is 120 cm³/mol. The summed E-state index contributed by atoms with van der Waals surface area (Å²) < 4.78 is 4.76. The minimum Gasteiger partial charge on any atom is -0.465 e. The molecule has 160 valence electrons. The third-order valence-electron chi connectivity index (χ3n) is 5.94. The lowest BCUT2D eigenvalue weighted by Gasteiger charge is -2.43. The van der Waals surface area contributed by atoms with Crippen LogP contribution < -0.4 is 10.2 Å². The molecule has 2 atom stereocenters. The van der Waals surface area contributed by atoms with E-state index in [1.54, 1.807) is 12.1 Å². The molecule has 0 saturated carbocycles. The van der Waals surface area contributed by atoms with Gasteiger partial charge in [-0.15, -0.1) is 0 Å². The molecular weight excluding hydrogens is 378 g/mol. The monoisotopic (exact) mass is 409 g/mol. The highest BCUT2D eigenvalue weighted by Crippen LogP contribution is 2.23. The smallest absolute Gasteiger partial charge is 0.337 e. The minimum absolute atomic E-state index is 0.0233. The van der Waals surface area contributed by atoms with Gasteiger partial charge in [-0.3, -0.25) is 9.69 Å². The summed E-state index contributed by atoms with van der Waals surface area (Å²) in [7, 11) is 1.38. The Labute approximate surface area is 178 Å². The van der Waals surface area contributed by atoms with Gasteiger partial charge in [0.15, 0.2) is 0 Å². The van der Waals surface area contributed by atoms with E-state index >= 15 is 0 Å². The molecule has 6 heteroatoms. The van der Waals surface area contributed by atoms with Crippen LogP contribution in [0.2, 0.25) is 0 Å². The molecule has 2 aromatic rings. The number of hydrogen-bond acceptors (Lipinski definition) is 5. The molecule has 30 heavy (non-hydrogen) atoms. The number of anilines is 2. The number of aryl methyl sites for hydroxylation is 2. The van der Waals surface area contributed by atoms with E-state index in [1.165, 1.54) is 7.11 Å². The van der Waals surface area contributed by atoms with Gasteiger partial charge < -0.3 is 15.0 Å². The first-order chi connectivity index (χ1) is 14.3. The van der Waals surface area contributed by atoms with Crippen LogP contribution in [-0.2, 0) is 9.53 Å². The Balaban J connectivity index is 1.63. The fourth-order valence-corrected chi connectivity index (χ4v) is 4.10. The Kier molecular flexibility index (Phi) is 6.77. The van der Waals surface area contributed by atoms with E-state index in [9.17, 15) is 9.59 Å². The molecule has 0 aromatic heterocycles. The zero-order valence-corrected chi connectivity index (χ0v) is 18.4. The molecule has 1 aliphatic rings. The fourth-order valence-electron chi connectivity index (χ4n) is 4.10. The van der Waals surface area contributed by atoms with Crippen LogP contribution >= 0.6 is 0 Å². The molecule has 0 radical (unpaired) electrons. The van der Waals surface area contributed by atoms with Crippen molar-refractivity contribution in [2.45, 2.75) is 39.8 Å². The largest absolute Gasteiger partial charge is 0.465 e. The minimum atomic E-state index is -0.330. The number of carbonyl (C=O) groups excluding carboxylic acids is 2. The van der Waals surface area contributed by atoms with Crippen LogP contribution in [0, 0.1) is 13.8 Å². The molecule has 2 unspecified atom stereocenters. The zero-order chi connectivity index (χ0) is 21.8. The van der Waals surface area contributed by atoms with E-state index in [2.05, 4.69) is 22.0 Å². The van der Waals surface area contributed by atoms with Crippen molar-refractivity contribution in [1.82, 2.24) is 4.90 Å². The Hall–Kier alpha value is -2.86. The maximum Gasteiger partial charge on any atom is 0.337 e. The summed E-state index contributed by atoms with van der Waals surface area (Å²) >= 11 is 0. The molecule has 1 N–H and O–H groups in total. The number of benzene rings is 2. The summed E-state index contributed by atoms with van der Waals surface area (Å²) in [5, 5.41) is 3.12. The number of nitrogens with zero attached hydrogens (tertiary/aromatic N) is 2. The second-order valence-electron chi connectivity index (χ2n) is 8.00. The standard InChI is InChI=1S/C24H31N3O3/c1-16-7-6-8-17(2)22(16)25-23(28)19(4)27-14-13-26(15-18(27)3)21-11-9-20(10-12-21)24(29)30-5/h6-12,18-19H,13-15H2,1-5H3,(H,25,28). The number of esters is 1. The van der Waals surface area contributed by atoms with Crippen LogP contribution in [0.5, 0.6) is 0 Å². The topological polar surface area (TPSA) is 61.9 Å². The normalized spacial score (nSPS) is 18.0. The van der Waals surface area contributed by atoms with Gasteiger partial charge >= 0.3 is 5.97 Å². The SMILES string of the molecule is COC(=O)c1ccc(N2CCN(C(C)C(=O)Nc3c(C)cccc3C)C(C)C2)cc1. The van der Waals surface area contributed by atoms with Crippen LogP contribution in [0.25, 0.3) is 0 Å². The van der Waals surface area contributed by atoms with Crippen molar-refractivity contribution in [3.05, 3.63) is 59.2 Å². The van der Waals surface area contributed by atoms with Crippen LogP contribution in [0.1, 0.15) is 35.3 Å². The Morgan fingerprint density at radius 1 is 1.07 bits per heavy atom. The molecule has 1 heterocycles. The van der Waals surface area contributed by atoms with Gasteiger partial charge in [-0.05, 0) is 63.1 Å². The van der Waals surface area contributed by atoms with Crippen LogP contribution in [0.3, 0.4) is 0 Å². The van der Waals surface area contributed by atoms with Crippen molar-refractivity contribution in [2.24, 2.45) is 0 Å². The summed E-state index contributed by atoms with van der Waals surface area (Å²) in [4.78, 5) is 29.1. The van der Waals surface area contributed by atoms with E-state index in [-0.39, 0.29) is 24.0 Å². The summed E-state index contributed by atoms with van der Waals surface area (Å²) in [6.45, 7) is 10.6. The highest BCUT2D eigenvalue weighted by atomic mass is 16.5. The third kappa shape index (κ3) is 4.65. The van der Waals surface area contributed by atoms with Crippen molar-refractivity contribution < 1.29 is 14.3 Å². The third-order valence-corrected chi connectivity index (χ3v) is 5.94. The highest BCUT2D eigenvalue weighted by Gasteiger charge is 2.31. The first kappa shape index (κ1) is 21.8. The quantitative estimate of drug-likeness (QED) is 0.764. The molecule has 1 fully saturated rings. The lowest BCUT2D eigenvalue weighted by molar-refractivity contribution is -0.121. The van der Waals surface area contributed by atoms with Crippen molar-refractivity contribution >= 4 is 23.3 Å².